The van der Waals surface area contributed by atoms with Crippen molar-refractivity contribution in [2.24, 2.45) is 5.92 Å². The van der Waals surface area contributed by atoms with Gasteiger partial charge in [-0.2, -0.15) is 13.2 Å². The quantitative estimate of drug-likeness (QED) is 0.886. The van der Waals surface area contributed by atoms with E-state index in [2.05, 4.69) is 5.32 Å². The molecule has 1 saturated carbocycles. The molecule has 0 heterocycles. The molecule has 0 aromatic heterocycles. The van der Waals surface area contributed by atoms with Gasteiger partial charge in [-0.05, 0) is 38.7 Å². The van der Waals surface area contributed by atoms with Gasteiger partial charge in [0.25, 0.3) is 0 Å². The van der Waals surface area contributed by atoms with Gasteiger partial charge in [0.2, 0.25) is 0 Å². The van der Waals surface area contributed by atoms with Crippen LogP contribution in [-0.4, -0.2) is 19.3 Å². The van der Waals surface area contributed by atoms with Gasteiger partial charge >= 0.3 is 6.18 Å². The van der Waals surface area contributed by atoms with E-state index in [4.69, 9.17) is 4.74 Å². The highest BCUT2D eigenvalue weighted by Gasteiger charge is 2.41. The fraction of sp³-hybridized carbons (Fsp3) is 0.625. The van der Waals surface area contributed by atoms with Crippen molar-refractivity contribution in [1.82, 2.24) is 5.32 Å². The molecule has 1 aliphatic carbocycles. The highest BCUT2D eigenvalue weighted by molar-refractivity contribution is 5.35. The standard InChI is InChI=1S/C16H22F3NO/c1-11(14-5-3-4-6-15(14)21-2)20-13-9-7-12(8-10-13)16(17,18)19/h3-6,11-13,20H,7-10H2,1-2H3/t11-,12?,13?/m0/s1. The summed E-state index contributed by atoms with van der Waals surface area (Å²) in [5.74, 6) is -0.321. The predicted octanol–water partition coefficient (Wildman–Crippen LogP) is 4.47. The van der Waals surface area contributed by atoms with Gasteiger partial charge in [0.05, 0.1) is 13.0 Å². The number of alkyl halides is 3. The lowest BCUT2D eigenvalue weighted by Gasteiger charge is -2.32. The highest BCUT2D eigenvalue weighted by atomic mass is 19.4. The first-order chi connectivity index (χ1) is 9.91. The molecule has 0 radical (unpaired) electrons. The van der Waals surface area contributed by atoms with Gasteiger partial charge in [0.15, 0.2) is 0 Å². The Labute approximate surface area is 123 Å². The number of nitrogens with one attached hydrogen (secondary N) is 1. The summed E-state index contributed by atoms with van der Waals surface area (Å²) in [5.41, 5.74) is 1.04. The zero-order valence-electron chi connectivity index (χ0n) is 12.4. The second-order valence-electron chi connectivity index (χ2n) is 5.72. The lowest BCUT2D eigenvalue weighted by molar-refractivity contribution is -0.182. The minimum absolute atomic E-state index is 0.0635. The van der Waals surface area contributed by atoms with Gasteiger partial charge in [-0.1, -0.05) is 18.2 Å². The monoisotopic (exact) mass is 301 g/mol. The van der Waals surface area contributed by atoms with Crippen molar-refractivity contribution in [1.29, 1.82) is 0 Å². The summed E-state index contributed by atoms with van der Waals surface area (Å²) in [6.45, 7) is 2.02. The topological polar surface area (TPSA) is 21.3 Å². The van der Waals surface area contributed by atoms with Crippen LogP contribution in [0.5, 0.6) is 5.75 Å². The number of ether oxygens (including phenoxy) is 1. The van der Waals surface area contributed by atoms with Crippen molar-refractivity contribution in [3.05, 3.63) is 29.8 Å². The summed E-state index contributed by atoms with van der Waals surface area (Å²) in [6, 6.07) is 7.93. The third-order valence-electron chi connectivity index (χ3n) is 4.28. The lowest BCUT2D eigenvalue weighted by Crippen LogP contribution is -2.38. The first-order valence-corrected chi connectivity index (χ1v) is 7.37. The number of hydrogen-bond acceptors (Lipinski definition) is 2. The molecule has 1 atom stereocenters. The SMILES string of the molecule is COc1ccccc1[C@H](C)NC1CCC(C(F)(F)F)CC1. The molecule has 1 aromatic rings. The van der Waals surface area contributed by atoms with Crippen LogP contribution in [0.4, 0.5) is 13.2 Å². The maximum atomic E-state index is 12.7. The van der Waals surface area contributed by atoms with Crippen molar-refractivity contribution in [3.8, 4) is 5.75 Å². The average molecular weight is 301 g/mol. The Bertz CT molecular complexity index is 453. The van der Waals surface area contributed by atoms with Gasteiger partial charge < -0.3 is 10.1 Å². The van der Waals surface area contributed by atoms with Gasteiger partial charge in [-0.15, -0.1) is 0 Å². The molecule has 2 nitrogen and oxygen atoms in total. The van der Waals surface area contributed by atoms with Crippen molar-refractivity contribution in [3.63, 3.8) is 0 Å². The minimum Gasteiger partial charge on any atom is -0.496 e. The van der Waals surface area contributed by atoms with Gasteiger partial charge in [0.1, 0.15) is 5.75 Å². The van der Waals surface area contributed by atoms with Crippen LogP contribution in [0.25, 0.3) is 0 Å². The highest BCUT2D eigenvalue weighted by Crippen LogP contribution is 2.38. The summed E-state index contributed by atoms with van der Waals surface area (Å²) < 4.78 is 43.3. The molecule has 0 saturated heterocycles. The van der Waals surface area contributed by atoms with E-state index in [0.717, 1.165) is 11.3 Å². The molecule has 21 heavy (non-hydrogen) atoms. The van der Waals surface area contributed by atoms with Crippen molar-refractivity contribution >= 4 is 0 Å². The third kappa shape index (κ3) is 4.13. The van der Waals surface area contributed by atoms with Crippen LogP contribution in [0.3, 0.4) is 0 Å². The van der Waals surface area contributed by atoms with Crippen LogP contribution >= 0.6 is 0 Å². The van der Waals surface area contributed by atoms with Gasteiger partial charge in [-0.25, -0.2) is 0 Å². The Morgan fingerprint density at radius 3 is 2.33 bits per heavy atom. The van der Waals surface area contributed by atoms with E-state index < -0.39 is 12.1 Å². The molecule has 0 spiro atoms. The molecule has 0 amide bonds. The largest absolute Gasteiger partial charge is 0.496 e. The summed E-state index contributed by atoms with van der Waals surface area (Å²) in [7, 11) is 1.63. The average Bonchev–Trinajstić information content (AvgIpc) is 2.46. The Balaban J connectivity index is 1.91. The number of methoxy groups -OCH3 is 1. The smallest absolute Gasteiger partial charge is 0.391 e. The Morgan fingerprint density at radius 1 is 1.14 bits per heavy atom. The number of halogens is 3. The van der Waals surface area contributed by atoms with Crippen LogP contribution in [0.1, 0.15) is 44.2 Å². The van der Waals surface area contributed by atoms with Crippen molar-refractivity contribution in [2.75, 3.05) is 7.11 Å². The van der Waals surface area contributed by atoms with Crippen LogP contribution in [0.2, 0.25) is 0 Å². The number of rotatable bonds is 4. The number of hydrogen-bond donors (Lipinski definition) is 1. The van der Waals surface area contributed by atoms with Crippen molar-refractivity contribution in [2.45, 2.75) is 50.9 Å². The number of benzene rings is 1. The molecule has 1 fully saturated rings. The Hall–Kier alpha value is -1.23. The minimum atomic E-state index is -4.04. The van der Waals surface area contributed by atoms with Gasteiger partial charge in [0, 0.05) is 17.6 Å². The van der Waals surface area contributed by atoms with E-state index in [-0.39, 0.29) is 24.9 Å². The zero-order chi connectivity index (χ0) is 15.5. The van der Waals surface area contributed by atoms with Crippen LogP contribution in [0, 0.1) is 5.92 Å². The molecular weight excluding hydrogens is 279 g/mol. The fourth-order valence-corrected chi connectivity index (χ4v) is 3.05. The van der Waals surface area contributed by atoms with Crippen LogP contribution in [0.15, 0.2) is 24.3 Å². The summed E-state index contributed by atoms with van der Waals surface area (Å²) >= 11 is 0. The molecule has 1 aromatic carbocycles. The molecule has 1 aliphatic rings. The summed E-state index contributed by atoms with van der Waals surface area (Å²) in [6.07, 6.45) is -2.45. The lowest BCUT2D eigenvalue weighted by atomic mass is 9.85. The molecule has 0 bridgehead atoms. The van der Waals surface area contributed by atoms with E-state index in [1.807, 2.05) is 31.2 Å². The Kier molecular flexibility index (Phi) is 5.14. The normalized spacial score (nSPS) is 24.6. The van der Waals surface area contributed by atoms with E-state index in [1.165, 1.54) is 0 Å². The van der Waals surface area contributed by atoms with Crippen molar-refractivity contribution < 1.29 is 17.9 Å². The predicted molar refractivity (Wildman–Crippen MR) is 76.3 cm³/mol. The molecule has 2 rings (SSSR count). The first-order valence-electron chi connectivity index (χ1n) is 7.37. The second-order valence-corrected chi connectivity index (χ2v) is 5.72. The summed E-state index contributed by atoms with van der Waals surface area (Å²) in [4.78, 5) is 0. The van der Waals surface area contributed by atoms with E-state index in [1.54, 1.807) is 7.11 Å². The molecule has 1 N–H and O–H groups in total. The third-order valence-corrected chi connectivity index (χ3v) is 4.28. The zero-order valence-corrected chi connectivity index (χ0v) is 12.4. The van der Waals surface area contributed by atoms with Crippen LogP contribution in [-0.2, 0) is 0 Å². The molecule has 5 heteroatoms. The maximum absolute atomic E-state index is 12.7. The molecule has 118 valence electrons. The van der Waals surface area contributed by atoms with Crippen LogP contribution < -0.4 is 10.1 Å². The molecule has 0 unspecified atom stereocenters. The first kappa shape index (κ1) is 16.1. The van der Waals surface area contributed by atoms with E-state index in [9.17, 15) is 13.2 Å². The summed E-state index contributed by atoms with van der Waals surface area (Å²) in [5, 5.41) is 3.43. The maximum Gasteiger partial charge on any atom is 0.391 e. The van der Waals surface area contributed by atoms with E-state index in [0.29, 0.717) is 12.8 Å². The Morgan fingerprint density at radius 2 is 1.76 bits per heavy atom. The number of para-hydroxylation sites is 1. The van der Waals surface area contributed by atoms with E-state index >= 15 is 0 Å². The molecular formula is C16H22F3NO. The molecule has 0 aliphatic heterocycles. The second kappa shape index (κ2) is 6.69. The fourth-order valence-electron chi connectivity index (χ4n) is 3.05. The van der Waals surface area contributed by atoms with Gasteiger partial charge in [-0.3, -0.25) is 0 Å².